The van der Waals surface area contributed by atoms with Crippen LogP contribution in [0, 0.1) is 23.0 Å². The zero-order chi connectivity index (χ0) is 22.8. The molecule has 31 heavy (non-hydrogen) atoms. The van der Waals surface area contributed by atoms with Gasteiger partial charge in [-0.05, 0) is 43.5 Å². The molecule has 3 rings (SSSR count). The highest BCUT2D eigenvalue weighted by Crippen LogP contribution is 2.29. The van der Waals surface area contributed by atoms with Crippen LogP contribution in [0.2, 0.25) is 10.0 Å². The lowest BCUT2D eigenvalue weighted by molar-refractivity contribution is -0.385. The predicted octanol–water partition coefficient (Wildman–Crippen LogP) is 4.39. The van der Waals surface area contributed by atoms with Gasteiger partial charge in [0.25, 0.3) is 5.69 Å². The third kappa shape index (κ3) is 5.54. The highest BCUT2D eigenvalue weighted by atomic mass is 35.5. The Kier molecular flexibility index (Phi) is 7.20. The summed E-state index contributed by atoms with van der Waals surface area (Å²) in [5, 5.41) is 14.5. The molecule has 1 fully saturated rings. The van der Waals surface area contributed by atoms with E-state index in [0.717, 1.165) is 0 Å². The molecule has 0 aromatic heterocycles. The Labute approximate surface area is 190 Å². The summed E-state index contributed by atoms with van der Waals surface area (Å²) in [7, 11) is -3.70. The Balaban J connectivity index is 1.72. The van der Waals surface area contributed by atoms with Crippen molar-refractivity contribution in [3.63, 3.8) is 0 Å². The molecule has 2 aromatic rings. The van der Waals surface area contributed by atoms with Gasteiger partial charge in [-0.2, -0.15) is 0 Å². The third-order valence-electron chi connectivity index (χ3n) is 5.26. The molecule has 0 saturated carbocycles. The van der Waals surface area contributed by atoms with E-state index < -0.39 is 20.9 Å². The molecule has 8 nitrogen and oxygen atoms in total. The number of hydrogen-bond donors (Lipinski definition) is 1. The van der Waals surface area contributed by atoms with E-state index >= 15 is 0 Å². The number of hydrogen-bond acceptors (Lipinski definition) is 5. The average molecular weight is 486 g/mol. The number of carbonyl (C=O) groups excluding carboxylic acids is 1. The number of amides is 1. The summed E-state index contributed by atoms with van der Waals surface area (Å²) >= 11 is 12.0. The van der Waals surface area contributed by atoms with Crippen molar-refractivity contribution in [2.24, 2.45) is 5.92 Å². The van der Waals surface area contributed by atoms with E-state index in [1.807, 2.05) is 0 Å². The van der Waals surface area contributed by atoms with Crippen LogP contribution in [0.25, 0.3) is 0 Å². The number of nitrogens with zero attached hydrogens (tertiary/aromatic N) is 2. The predicted molar refractivity (Wildman–Crippen MR) is 120 cm³/mol. The second-order valence-corrected chi connectivity index (χ2v) is 10.2. The van der Waals surface area contributed by atoms with Crippen molar-refractivity contribution in [3.05, 3.63) is 67.7 Å². The smallest absolute Gasteiger partial charge is 0.274 e. The molecular formula is C20H21Cl2N3O5S. The van der Waals surface area contributed by atoms with Gasteiger partial charge in [-0.15, -0.1) is 0 Å². The lowest BCUT2D eigenvalue weighted by Crippen LogP contribution is -2.44. The van der Waals surface area contributed by atoms with Crippen LogP contribution in [0.3, 0.4) is 0 Å². The second kappa shape index (κ2) is 9.52. The zero-order valence-corrected chi connectivity index (χ0v) is 19.0. The summed E-state index contributed by atoms with van der Waals surface area (Å²) in [4.78, 5) is 23.4. The van der Waals surface area contributed by atoms with Crippen molar-refractivity contribution < 1.29 is 18.1 Å². The summed E-state index contributed by atoms with van der Waals surface area (Å²) in [6.45, 7) is 1.90. The zero-order valence-electron chi connectivity index (χ0n) is 16.7. The topological polar surface area (TPSA) is 110 Å². The van der Waals surface area contributed by atoms with Gasteiger partial charge >= 0.3 is 0 Å². The minimum Gasteiger partial charge on any atom is -0.325 e. The number of benzene rings is 2. The number of carbonyl (C=O) groups is 1. The van der Waals surface area contributed by atoms with Crippen molar-refractivity contribution >= 4 is 50.5 Å². The van der Waals surface area contributed by atoms with E-state index in [1.54, 1.807) is 25.1 Å². The van der Waals surface area contributed by atoms with Gasteiger partial charge in [0.2, 0.25) is 15.9 Å². The number of rotatable bonds is 6. The average Bonchev–Trinajstić information content (AvgIpc) is 2.71. The van der Waals surface area contributed by atoms with Gasteiger partial charge in [0, 0.05) is 29.2 Å². The highest BCUT2D eigenvalue weighted by Gasteiger charge is 2.33. The molecule has 0 spiro atoms. The van der Waals surface area contributed by atoms with Crippen molar-refractivity contribution in [1.82, 2.24) is 4.31 Å². The SMILES string of the molecule is Cc1c(NC(=O)C2CCCN(S(=O)(=O)Cc3ccc(Cl)cc3Cl)C2)cccc1[N+](=O)[O-]. The van der Waals surface area contributed by atoms with Crippen molar-refractivity contribution in [2.75, 3.05) is 18.4 Å². The summed E-state index contributed by atoms with van der Waals surface area (Å²) in [6, 6.07) is 9.07. The van der Waals surface area contributed by atoms with Crippen LogP contribution in [0.15, 0.2) is 36.4 Å². The maximum atomic E-state index is 12.9. The lowest BCUT2D eigenvalue weighted by atomic mass is 9.98. The van der Waals surface area contributed by atoms with Gasteiger partial charge in [0.15, 0.2) is 0 Å². The van der Waals surface area contributed by atoms with Crippen molar-refractivity contribution in [2.45, 2.75) is 25.5 Å². The summed E-state index contributed by atoms with van der Waals surface area (Å²) in [6.07, 6.45) is 1.05. The van der Waals surface area contributed by atoms with E-state index in [-0.39, 0.29) is 28.9 Å². The van der Waals surface area contributed by atoms with Gasteiger partial charge < -0.3 is 5.32 Å². The van der Waals surface area contributed by atoms with Crippen LogP contribution in [0.5, 0.6) is 0 Å². The van der Waals surface area contributed by atoms with Crippen molar-refractivity contribution in [3.8, 4) is 0 Å². The molecule has 1 N–H and O–H groups in total. The van der Waals surface area contributed by atoms with Gasteiger partial charge in [-0.25, -0.2) is 12.7 Å². The minimum absolute atomic E-state index is 0.0351. The maximum Gasteiger partial charge on any atom is 0.274 e. The molecule has 1 unspecified atom stereocenters. The molecule has 166 valence electrons. The molecule has 1 saturated heterocycles. The monoisotopic (exact) mass is 485 g/mol. The molecule has 11 heteroatoms. The summed E-state index contributed by atoms with van der Waals surface area (Å²) in [5.74, 6) is -1.22. The first-order chi connectivity index (χ1) is 14.6. The van der Waals surface area contributed by atoms with E-state index in [4.69, 9.17) is 23.2 Å². The first-order valence-electron chi connectivity index (χ1n) is 9.55. The number of nitrogens with one attached hydrogen (secondary N) is 1. The molecule has 0 bridgehead atoms. The lowest BCUT2D eigenvalue weighted by Gasteiger charge is -2.31. The Morgan fingerprint density at radius 3 is 2.71 bits per heavy atom. The van der Waals surface area contributed by atoms with Gasteiger partial charge in [0.05, 0.1) is 27.8 Å². The molecule has 1 aliphatic heterocycles. The van der Waals surface area contributed by atoms with Gasteiger partial charge in [-0.3, -0.25) is 14.9 Å². The number of nitro benzene ring substituents is 1. The number of nitro groups is 1. The molecule has 1 aliphatic rings. The first-order valence-corrected chi connectivity index (χ1v) is 11.9. The van der Waals surface area contributed by atoms with Gasteiger partial charge in [-0.1, -0.05) is 35.3 Å². The fraction of sp³-hybridized carbons (Fsp3) is 0.350. The molecule has 1 amide bonds. The van der Waals surface area contributed by atoms with E-state index in [1.165, 1.54) is 22.5 Å². The van der Waals surface area contributed by atoms with Crippen LogP contribution < -0.4 is 5.32 Å². The molecule has 0 aliphatic carbocycles. The first kappa shape index (κ1) is 23.5. The maximum absolute atomic E-state index is 12.9. The third-order valence-corrected chi connectivity index (χ3v) is 7.64. The Morgan fingerprint density at radius 1 is 1.29 bits per heavy atom. The Morgan fingerprint density at radius 2 is 2.03 bits per heavy atom. The van der Waals surface area contributed by atoms with Gasteiger partial charge in [0.1, 0.15) is 0 Å². The quantitative estimate of drug-likeness (QED) is 0.481. The largest absolute Gasteiger partial charge is 0.325 e. The van der Waals surface area contributed by atoms with Crippen LogP contribution in [-0.4, -0.2) is 36.6 Å². The minimum atomic E-state index is -3.70. The fourth-order valence-corrected chi connectivity index (χ4v) is 5.72. The number of halogens is 2. The van der Waals surface area contributed by atoms with Crippen molar-refractivity contribution in [1.29, 1.82) is 0 Å². The molecule has 1 atom stereocenters. The number of sulfonamides is 1. The Hall–Kier alpha value is -2.20. The number of piperidine rings is 1. The second-order valence-electron chi connectivity index (χ2n) is 7.39. The molecular weight excluding hydrogens is 465 g/mol. The van der Waals surface area contributed by atoms with Crippen LogP contribution in [0.1, 0.15) is 24.0 Å². The van der Waals surface area contributed by atoms with E-state index in [9.17, 15) is 23.3 Å². The standard InChI is InChI=1S/C20H21Cl2N3O5S/c1-13-18(5-2-6-19(13)25(27)28)23-20(26)14-4-3-9-24(11-14)31(29,30)12-15-7-8-16(21)10-17(15)22/h2,5-8,10,14H,3-4,9,11-12H2,1H3,(H,23,26). The molecule has 0 radical (unpaired) electrons. The molecule has 2 aromatic carbocycles. The summed E-state index contributed by atoms with van der Waals surface area (Å²) in [5.41, 5.74) is 1.03. The fourth-order valence-electron chi connectivity index (χ4n) is 3.53. The highest BCUT2D eigenvalue weighted by molar-refractivity contribution is 7.88. The summed E-state index contributed by atoms with van der Waals surface area (Å²) < 4.78 is 27.1. The van der Waals surface area contributed by atoms with Crippen LogP contribution >= 0.6 is 23.2 Å². The van der Waals surface area contributed by atoms with Crippen LogP contribution in [0.4, 0.5) is 11.4 Å². The number of anilines is 1. The van der Waals surface area contributed by atoms with E-state index in [0.29, 0.717) is 41.2 Å². The normalized spacial score (nSPS) is 17.3. The molecule has 1 heterocycles. The van der Waals surface area contributed by atoms with Crippen LogP contribution in [-0.2, 0) is 20.6 Å². The Bertz CT molecular complexity index is 1120. The van der Waals surface area contributed by atoms with E-state index in [2.05, 4.69) is 5.32 Å².